The maximum Gasteiger partial charge on any atom is 0.241 e. The number of aliphatic hydroxyl groups is 1. The third kappa shape index (κ3) is 3.53. The molecule has 4 rings (SSSR count). The van der Waals surface area contributed by atoms with Crippen molar-refractivity contribution in [2.75, 3.05) is 7.11 Å². The van der Waals surface area contributed by atoms with Gasteiger partial charge in [-0.25, -0.2) is 23.1 Å². The predicted molar refractivity (Wildman–Crippen MR) is 98.7 cm³/mol. The standard InChI is InChI=1S/C18H20N4O4S/c1-26-17-5-2-11(9-19-17)18(12-6-13(23)7-12)22-27(24,25)14-3-4-15-16(8-14)21-10-20-15/h2-5,8-10,12-13,18,22-23H,6-7H2,1H3,(H,20,21). The molecule has 9 heteroatoms. The molecule has 1 saturated carbocycles. The molecule has 1 aliphatic rings. The van der Waals surface area contributed by atoms with Crippen LogP contribution in [0.5, 0.6) is 5.88 Å². The Morgan fingerprint density at radius 3 is 2.74 bits per heavy atom. The minimum atomic E-state index is -3.77. The summed E-state index contributed by atoms with van der Waals surface area (Å²) in [6, 6.07) is 7.77. The molecule has 0 radical (unpaired) electrons. The van der Waals surface area contributed by atoms with E-state index in [1.165, 1.54) is 19.5 Å². The van der Waals surface area contributed by atoms with Crippen LogP contribution in [-0.2, 0) is 10.0 Å². The fourth-order valence-electron chi connectivity index (χ4n) is 3.35. The average Bonchev–Trinajstić information content (AvgIpc) is 3.12. The van der Waals surface area contributed by atoms with Gasteiger partial charge in [0.25, 0.3) is 0 Å². The molecule has 1 atom stereocenters. The molecule has 142 valence electrons. The molecule has 3 N–H and O–H groups in total. The number of hydrogen-bond donors (Lipinski definition) is 3. The van der Waals surface area contributed by atoms with E-state index in [9.17, 15) is 13.5 Å². The van der Waals surface area contributed by atoms with Crippen LogP contribution < -0.4 is 9.46 Å². The molecule has 0 spiro atoms. The smallest absolute Gasteiger partial charge is 0.241 e. The number of pyridine rings is 1. The molecule has 8 nitrogen and oxygen atoms in total. The fourth-order valence-corrected chi connectivity index (χ4v) is 4.67. The zero-order valence-corrected chi connectivity index (χ0v) is 15.5. The largest absolute Gasteiger partial charge is 0.481 e. The third-order valence-corrected chi connectivity index (χ3v) is 6.37. The van der Waals surface area contributed by atoms with E-state index in [0.717, 1.165) is 5.56 Å². The summed E-state index contributed by atoms with van der Waals surface area (Å²) in [5.74, 6) is 0.458. The van der Waals surface area contributed by atoms with Crippen LogP contribution in [0.15, 0.2) is 47.8 Å². The van der Waals surface area contributed by atoms with Gasteiger partial charge in [0, 0.05) is 12.3 Å². The number of aromatic nitrogens is 3. The van der Waals surface area contributed by atoms with Crippen molar-refractivity contribution >= 4 is 21.1 Å². The van der Waals surface area contributed by atoms with E-state index in [1.54, 1.807) is 30.5 Å². The van der Waals surface area contributed by atoms with Crippen LogP contribution in [0, 0.1) is 5.92 Å². The normalized spacial score (nSPS) is 21.0. The van der Waals surface area contributed by atoms with Gasteiger partial charge in [0.15, 0.2) is 0 Å². The lowest BCUT2D eigenvalue weighted by molar-refractivity contribution is 0.0279. The third-order valence-electron chi connectivity index (χ3n) is 4.93. The number of nitrogens with zero attached hydrogens (tertiary/aromatic N) is 2. The molecule has 3 aromatic rings. The summed E-state index contributed by atoms with van der Waals surface area (Å²) in [6.45, 7) is 0. The SMILES string of the molecule is COc1ccc(C(NS(=O)(=O)c2ccc3nc[nH]c3c2)C2CC(O)C2)cn1. The first-order valence-corrected chi connectivity index (χ1v) is 10.1. The van der Waals surface area contributed by atoms with Gasteiger partial charge in [0.2, 0.25) is 15.9 Å². The number of hydrogen-bond acceptors (Lipinski definition) is 6. The number of methoxy groups -OCH3 is 1. The van der Waals surface area contributed by atoms with Crippen molar-refractivity contribution in [3.8, 4) is 5.88 Å². The Labute approximate surface area is 156 Å². The lowest BCUT2D eigenvalue weighted by Gasteiger charge is -2.38. The van der Waals surface area contributed by atoms with Crippen LogP contribution in [-0.4, -0.2) is 41.7 Å². The van der Waals surface area contributed by atoms with Gasteiger partial charge in [-0.3, -0.25) is 0 Å². The number of aliphatic hydroxyl groups excluding tert-OH is 1. The van der Waals surface area contributed by atoms with E-state index in [2.05, 4.69) is 19.7 Å². The molecule has 0 saturated heterocycles. The quantitative estimate of drug-likeness (QED) is 0.592. The number of H-pyrrole nitrogens is 1. The van der Waals surface area contributed by atoms with E-state index in [-0.39, 0.29) is 10.8 Å². The highest BCUT2D eigenvalue weighted by Crippen LogP contribution is 2.39. The number of aromatic amines is 1. The molecular weight excluding hydrogens is 368 g/mol. The van der Waals surface area contributed by atoms with E-state index < -0.39 is 22.2 Å². The molecule has 0 aliphatic heterocycles. The van der Waals surface area contributed by atoms with Crippen LogP contribution in [0.2, 0.25) is 0 Å². The Kier molecular flexibility index (Phi) is 4.58. The van der Waals surface area contributed by atoms with Gasteiger partial charge in [-0.05, 0) is 42.5 Å². The average molecular weight is 388 g/mol. The molecule has 1 unspecified atom stereocenters. The first-order chi connectivity index (χ1) is 13.0. The second-order valence-electron chi connectivity index (χ2n) is 6.70. The Morgan fingerprint density at radius 1 is 1.26 bits per heavy atom. The van der Waals surface area contributed by atoms with E-state index >= 15 is 0 Å². The van der Waals surface area contributed by atoms with Gasteiger partial charge in [0.05, 0.1) is 41.5 Å². The molecule has 2 aromatic heterocycles. The Bertz CT molecular complexity index is 1040. The number of imidazole rings is 1. The van der Waals surface area contributed by atoms with Crippen molar-refractivity contribution < 1.29 is 18.3 Å². The summed E-state index contributed by atoms with van der Waals surface area (Å²) in [7, 11) is -2.25. The molecule has 1 aliphatic carbocycles. The lowest BCUT2D eigenvalue weighted by atomic mass is 9.76. The van der Waals surface area contributed by atoms with E-state index in [0.29, 0.717) is 29.8 Å². The van der Waals surface area contributed by atoms with Crippen molar-refractivity contribution in [1.29, 1.82) is 0 Å². The second kappa shape index (κ2) is 6.91. The van der Waals surface area contributed by atoms with Gasteiger partial charge in [0.1, 0.15) is 0 Å². The monoisotopic (exact) mass is 388 g/mol. The summed E-state index contributed by atoms with van der Waals surface area (Å²) in [5, 5.41) is 9.68. The van der Waals surface area contributed by atoms with Crippen molar-refractivity contribution in [1.82, 2.24) is 19.7 Å². The number of fused-ring (bicyclic) bond motifs is 1. The summed E-state index contributed by atoms with van der Waals surface area (Å²) in [5.41, 5.74) is 2.09. The maximum atomic E-state index is 13.0. The molecule has 1 fully saturated rings. The lowest BCUT2D eigenvalue weighted by Crippen LogP contribution is -2.41. The molecule has 1 aromatic carbocycles. The highest BCUT2D eigenvalue weighted by atomic mass is 32.2. The van der Waals surface area contributed by atoms with Gasteiger partial charge >= 0.3 is 0 Å². The molecule has 0 amide bonds. The number of benzene rings is 1. The van der Waals surface area contributed by atoms with Crippen molar-refractivity contribution in [2.45, 2.75) is 29.9 Å². The summed E-state index contributed by atoms with van der Waals surface area (Å²) >= 11 is 0. The molecular formula is C18H20N4O4S. The van der Waals surface area contributed by atoms with Gasteiger partial charge < -0.3 is 14.8 Å². The van der Waals surface area contributed by atoms with Crippen LogP contribution in [0.25, 0.3) is 11.0 Å². The Hall–Kier alpha value is -2.49. The minimum absolute atomic E-state index is 0.000792. The highest BCUT2D eigenvalue weighted by Gasteiger charge is 2.37. The fraction of sp³-hybridized carbons (Fsp3) is 0.333. The summed E-state index contributed by atoms with van der Waals surface area (Å²) < 4.78 is 33.8. The van der Waals surface area contributed by atoms with Crippen LogP contribution in [0.4, 0.5) is 0 Å². The van der Waals surface area contributed by atoms with E-state index in [4.69, 9.17) is 4.74 Å². The first kappa shape index (κ1) is 17.9. The zero-order chi connectivity index (χ0) is 19.0. The number of rotatable bonds is 6. The maximum absolute atomic E-state index is 13.0. The minimum Gasteiger partial charge on any atom is -0.481 e. The number of nitrogens with one attached hydrogen (secondary N) is 2. The topological polar surface area (TPSA) is 117 Å². The molecule has 2 heterocycles. The summed E-state index contributed by atoms with van der Waals surface area (Å²) in [4.78, 5) is 11.4. The zero-order valence-electron chi connectivity index (χ0n) is 14.7. The van der Waals surface area contributed by atoms with Gasteiger partial charge in [-0.2, -0.15) is 0 Å². The second-order valence-corrected chi connectivity index (χ2v) is 8.41. The van der Waals surface area contributed by atoms with Crippen molar-refractivity contribution in [2.24, 2.45) is 5.92 Å². The Balaban J connectivity index is 1.65. The van der Waals surface area contributed by atoms with Gasteiger partial charge in [-0.1, -0.05) is 6.07 Å². The number of ether oxygens (including phenoxy) is 1. The van der Waals surface area contributed by atoms with E-state index in [1.807, 2.05) is 0 Å². The van der Waals surface area contributed by atoms with Crippen LogP contribution in [0.1, 0.15) is 24.4 Å². The Morgan fingerprint density at radius 2 is 2.07 bits per heavy atom. The van der Waals surface area contributed by atoms with Crippen LogP contribution in [0.3, 0.4) is 0 Å². The van der Waals surface area contributed by atoms with Gasteiger partial charge in [-0.15, -0.1) is 0 Å². The highest BCUT2D eigenvalue weighted by molar-refractivity contribution is 7.89. The first-order valence-electron chi connectivity index (χ1n) is 8.60. The predicted octanol–water partition coefficient (Wildman–Crippen LogP) is 1.76. The summed E-state index contributed by atoms with van der Waals surface area (Å²) in [6.07, 6.45) is 3.82. The van der Waals surface area contributed by atoms with Crippen molar-refractivity contribution in [3.63, 3.8) is 0 Å². The molecule has 0 bridgehead atoms. The number of sulfonamides is 1. The molecule has 27 heavy (non-hydrogen) atoms. The van der Waals surface area contributed by atoms with Crippen molar-refractivity contribution in [3.05, 3.63) is 48.4 Å². The van der Waals surface area contributed by atoms with Crippen LogP contribution >= 0.6 is 0 Å².